The summed E-state index contributed by atoms with van der Waals surface area (Å²) >= 11 is 6.20. The van der Waals surface area contributed by atoms with Crippen LogP contribution in [0.25, 0.3) is 16.9 Å². The third-order valence-corrected chi connectivity index (χ3v) is 7.50. The number of imidazole rings is 1. The van der Waals surface area contributed by atoms with Crippen molar-refractivity contribution < 1.29 is 4.79 Å². The molecule has 29 heavy (non-hydrogen) atoms. The van der Waals surface area contributed by atoms with Crippen LogP contribution in [0.5, 0.6) is 0 Å². The van der Waals surface area contributed by atoms with E-state index in [1.807, 2.05) is 53.1 Å². The summed E-state index contributed by atoms with van der Waals surface area (Å²) in [5.41, 5.74) is 2.24. The lowest BCUT2D eigenvalue weighted by Gasteiger charge is -2.56. The summed E-state index contributed by atoms with van der Waals surface area (Å²) in [5, 5.41) is 4.13. The van der Waals surface area contributed by atoms with Gasteiger partial charge >= 0.3 is 0 Å². The number of carbonyl (C=O) groups excluding carboxylic acids is 1. The van der Waals surface area contributed by atoms with Gasteiger partial charge in [0.2, 0.25) is 0 Å². The standard InChI is InChI=1S/C24H24ClN3O/c25-19-5-3-4-18(11-19)22-26-21(20-6-1-2-7-28(20)22)23(29)27-24-12-15-8-16(13-24)10-17(9-15)14-24/h1-7,11,15-17H,8-10,12-14H2,(H,27,29). The summed E-state index contributed by atoms with van der Waals surface area (Å²) in [6, 6.07) is 13.5. The van der Waals surface area contributed by atoms with E-state index in [0.29, 0.717) is 10.7 Å². The van der Waals surface area contributed by atoms with E-state index in [1.54, 1.807) is 0 Å². The zero-order valence-corrected chi connectivity index (χ0v) is 17.0. The van der Waals surface area contributed by atoms with Gasteiger partial charge in [0.15, 0.2) is 5.69 Å². The predicted octanol–water partition coefficient (Wildman–Crippen LogP) is 5.35. The Morgan fingerprint density at radius 2 is 1.76 bits per heavy atom. The van der Waals surface area contributed by atoms with Crippen molar-refractivity contribution in [3.8, 4) is 11.4 Å². The lowest BCUT2D eigenvalue weighted by Crippen LogP contribution is -2.59. The fourth-order valence-corrected chi connectivity index (χ4v) is 6.79. The molecule has 2 aromatic heterocycles. The van der Waals surface area contributed by atoms with Crippen LogP contribution in [0.1, 0.15) is 49.0 Å². The molecule has 4 nitrogen and oxygen atoms in total. The normalized spacial score (nSPS) is 30.0. The molecule has 0 spiro atoms. The largest absolute Gasteiger partial charge is 0.345 e. The maximum atomic E-state index is 13.4. The minimum absolute atomic E-state index is 0.0211. The Kier molecular flexibility index (Phi) is 3.83. The summed E-state index contributed by atoms with van der Waals surface area (Å²) in [7, 11) is 0. The van der Waals surface area contributed by atoms with Crippen molar-refractivity contribution in [3.05, 3.63) is 59.4 Å². The molecule has 4 fully saturated rings. The second-order valence-electron chi connectivity index (χ2n) is 9.40. The minimum Gasteiger partial charge on any atom is -0.345 e. The van der Waals surface area contributed by atoms with Gasteiger partial charge in [-0.05, 0) is 80.5 Å². The van der Waals surface area contributed by atoms with Gasteiger partial charge in [-0.2, -0.15) is 0 Å². The van der Waals surface area contributed by atoms with Crippen LogP contribution in [0.3, 0.4) is 0 Å². The number of amides is 1. The van der Waals surface area contributed by atoms with Gasteiger partial charge in [-0.25, -0.2) is 4.98 Å². The summed E-state index contributed by atoms with van der Waals surface area (Å²) < 4.78 is 1.99. The minimum atomic E-state index is -0.0380. The zero-order chi connectivity index (χ0) is 19.6. The smallest absolute Gasteiger partial charge is 0.272 e. The Bertz CT molecular complexity index is 1080. The molecule has 1 N–H and O–H groups in total. The number of nitrogens with one attached hydrogen (secondary N) is 1. The highest BCUT2D eigenvalue weighted by atomic mass is 35.5. The lowest BCUT2D eigenvalue weighted by molar-refractivity contribution is -0.0167. The highest BCUT2D eigenvalue weighted by Crippen LogP contribution is 2.55. The second kappa shape index (κ2) is 6.33. The van der Waals surface area contributed by atoms with Crippen LogP contribution in [0.2, 0.25) is 5.02 Å². The Morgan fingerprint density at radius 1 is 1.03 bits per heavy atom. The first-order valence-electron chi connectivity index (χ1n) is 10.6. The molecule has 1 amide bonds. The molecule has 2 heterocycles. The van der Waals surface area contributed by atoms with Crippen LogP contribution in [0.15, 0.2) is 48.7 Å². The van der Waals surface area contributed by atoms with Crippen LogP contribution in [-0.4, -0.2) is 20.8 Å². The summed E-state index contributed by atoms with van der Waals surface area (Å²) in [5.74, 6) is 3.09. The van der Waals surface area contributed by atoms with Gasteiger partial charge in [0.25, 0.3) is 5.91 Å². The number of benzene rings is 1. The quantitative estimate of drug-likeness (QED) is 0.638. The van der Waals surface area contributed by atoms with Crippen molar-refractivity contribution in [2.24, 2.45) is 17.8 Å². The maximum absolute atomic E-state index is 13.4. The van der Waals surface area contributed by atoms with Crippen molar-refractivity contribution in [2.75, 3.05) is 0 Å². The molecule has 3 aromatic rings. The fraction of sp³-hybridized carbons (Fsp3) is 0.417. The maximum Gasteiger partial charge on any atom is 0.272 e. The summed E-state index contributed by atoms with van der Waals surface area (Å²) in [6.07, 6.45) is 9.46. The molecule has 0 aliphatic heterocycles. The van der Waals surface area contributed by atoms with Gasteiger partial charge in [0, 0.05) is 22.3 Å². The predicted molar refractivity (Wildman–Crippen MR) is 114 cm³/mol. The van der Waals surface area contributed by atoms with E-state index in [1.165, 1.54) is 19.3 Å². The van der Waals surface area contributed by atoms with Crippen molar-refractivity contribution in [2.45, 2.75) is 44.1 Å². The Hall–Kier alpha value is -2.33. The van der Waals surface area contributed by atoms with Crippen LogP contribution in [-0.2, 0) is 0 Å². The van der Waals surface area contributed by atoms with Gasteiger partial charge in [0.05, 0.1) is 5.52 Å². The van der Waals surface area contributed by atoms with E-state index in [2.05, 4.69) is 5.32 Å². The average molecular weight is 406 g/mol. The number of fused-ring (bicyclic) bond motifs is 1. The third-order valence-electron chi connectivity index (χ3n) is 7.26. The highest BCUT2D eigenvalue weighted by molar-refractivity contribution is 6.30. The molecule has 148 valence electrons. The van der Waals surface area contributed by atoms with E-state index in [9.17, 15) is 4.79 Å². The number of carbonyl (C=O) groups is 1. The molecule has 0 saturated heterocycles. The lowest BCUT2D eigenvalue weighted by atomic mass is 9.53. The first kappa shape index (κ1) is 17.5. The number of rotatable bonds is 3. The van der Waals surface area contributed by atoms with Crippen molar-refractivity contribution >= 4 is 23.0 Å². The second-order valence-corrected chi connectivity index (χ2v) is 9.84. The molecular formula is C24H24ClN3O. The van der Waals surface area contributed by atoms with Gasteiger partial charge in [-0.3, -0.25) is 9.20 Å². The fourth-order valence-electron chi connectivity index (χ4n) is 6.60. The molecule has 5 heteroatoms. The first-order valence-corrected chi connectivity index (χ1v) is 11.0. The van der Waals surface area contributed by atoms with Crippen LogP contribution in [0, 0.1) is 17.8 Å². The first-order chi connectivity index (χ1) is 14.1. The third kappa shape index (κ3) is 2.88. The van der Waals surface area contributed by atoms with Gasteiger partial charge in [-0.15, -0.1) is 0 Å². The molecule has 4 saturated carbocycles. The van der Waals surface area contributed by atoms with Crippen molar-refractivity contribution in [1.29, 1.82) is 0 Å². The number of aromatic nitrogens is 2. The average Bonchev–Trinajstić information content (AvgIpc) is 3.06. The molecule has 4 aliphatic carbocycles. The highest BCUT2D eigenvalue weighted by Gasteiger charge is 2.51. The molecule has 0 unspecified atom stereocenters. The molecule has 1 aromatic carbocycles. The molecule has 0 radical (unpaired) electrons. The van der Waals surface area contributed by atoms with Crippen LogP contribution in [0.4, 0.5) is 0 Å². The van der Waals surface area contributed by atoms with E-state index < -0.39 is 0 Å². The Morgan fingerprint density at radius 3 is 2.45 bits per heavy atom. The van der Waals surface area contributed by atoms with E-state index in [4.69, 9.17) is 16.6 Å². The molecule has 0 atom stereocenters. The van der Waals surface area contributed by atoms with Crippen molar-refractivity contribution in [1.82, 2.24) is 14.7 Å². The Balaban J connectivity index is 1.38. The van der Waals surface area contributed by atoms with E-state index in [-0.39, 0.29) is 11.4 Å². The zero-order valence-electron chi connectivity index (χ0n) is 16.3. The van der Waals surface area contributed by atoms with E-state index in [0.717, 1.165) is 53.9 Å². The number of nitrogens with zero attached hydrogens (tertiary/aromatic N) is 2. The number of hydrogen-bond acceptors (Lipinski definition) is 2. The molecular weight excluding hydrogens is 382 g/mol. The Labute approximate surface area is 175 Å². The monoisotopic (exact) mass is 405 g/mol. The molecule has 4 bridgehead atoms. The summed E-state index contributed by atoms with van der Waals surface area (Å²) in [4.78, 5) is 18.2. The molecule has 4 aliphatic rings. The van der Waals surface area contributed by atoms with Gasteiger partial charge in [-0.1, -0.05) is 29.8 Å². The van der Waals surface area contributed by atoms with Crippen LogP contribution >= 0.6 is 11.6 Å². The number of hydrogen-bond donors (Lipinski definition) is 1. The van der Waals surface area contributed by atoms with E-state index >= 15 is 0 Å². The van der Waals surface area contributed by atoms with Crippen LogP contribution < -0.4 is 5.32 Å². The number of halogens is 1. The van der Waals surface area contributed by atoms with Gasteiger partial charge in [0.1, 0.15) is 5.82 Å². The number of pyridine rings is 1. The SMILES string of the molecule is O=C(NC12CC3CC(CC(C3)C1)C2)c1nc(-c2cccc(Cl)c2)n2ccccc12. The molecule has 7 rings (SSSR count). The summed E-state index contributed by atoms with van der Waals surface area (Å²) in [6.45, 7) is 0. The topological polar surface area (TPSA) is 46.4 Å². The van der Waals surface area contributed by atoms with Gasteiger partial charge < -0.3 is 5.32 Å². The van der Waals surface area contributed by atoms with Crippen molar-refractivity contribution in [3.63, 3.8) is 0 Å².